The Labute approximate surface area is 145 Å². The van der Waals surface area contributed by atoms with E-state index in [0.717, 1.165) is 22.9 Å². The number of hydrogen-bond acceptors (Lipinski definition) is 4. The second-order valence-electron chi connectivity index (χ2n) is 5.70. The van der Waals surface area contributed by atoms with E-state index in [-0.39, 0.29) is 12.2 Å². The Morgan fingerprint density at radius 3 is 1.52 bits per heavy atom. The van der Waals surface area contributed by atoms with E-state index in [1.807, 2.05) is 76.2 Å². The Morgan fingerprint density at radius 1 is 0.783 bits per heavy atom. The van der Waals surface area contributed by atoms with Gasteiger partial charge in [0, 0.05) is 11.4 Å². The van der Waals surface area contributed by atoms with Gasteiger partial charge in [0.25, 0.3) is 0 Å². The molecule has 0 aliphatic carbocycles. The zero-order valence-electron chi connectivity index (χ0n) is 14.3. The fourth-order valence-electron chi connectivity index (χ4n) is 1.76. The van der Waals surface area contributed by atoms with Crippen molar-refractivity contribution in [1.29, 1.82) is 0 Å². The number of rotatable bonds is 5. The summed E-state index contributed by atoms with van der Waals surface area (Å²) in [5.41, 5.74) is 7.48. The van der Waals surface area contributed by atoms with Gasteiger partial charge < -0.3 is 15.2 Å². The lowest BCUT2D eigenvalue weighted by molar-refractivity contribution is 0.242. The molecule has 2 N–H and O–H groups in total. The van der Waals surface area contributed by atoms with E-state index in [2.05, 4.69) is 12.6 Å². The summed E-state index contributed by atoms with van der Waals surface area (Å²) < 4.78 is 10.9. The van der Waals surface area contributed by atoms with E-state index >= 15 is 0 Å². The van der Waals surface area contributed by atoms with Crippen molar-refractivity contribution in [3.05, 3.63) is 54.1 Å². The summed E-state index contributed by atoms with van der Waals surface area (Å²) in [7, 11) is 0. The van der Waals surface area contributed by atoms with Crippen LogP contribution in [0.15, 0.2) is 48.5 Å². The molecule has 4 heteroatoms. The fraction of sp³-hybridized carbons (Fsp3) is 0.368. The van der Waals surface area contributed by atoms with Crippen molar-refractivity contribution in [2.24, 2.45) is 0 Å². The third kappa shape index (κ3) is 8.41. The molecule has 2 aromatic carbocycles. The smallest absolute Gasteiger partial charge is 0.119 e. The van der Waals surface area contributed by atoms with E-state index in [1.165, 1.54) is 5.56 Å². The van der Waals surface area contributed by atoms with Gasteiger partial charge in [0.2, 0.25) is 0 Å². The first-order chi connectivity index (χ1) is 10.9. The Bertz CT molecular complexity index is 551. The van der Waals surface area contributed by atoms with E-state index in [0.29, 0.717) is 0 Å². The Morgan fingerprint density at radius 2 is 1.17 bits per heavy atom. The molecule has 0 aliphatic rings. The number of nitrogens with two attached hydrogens (primary N) is 1. The van der Waals surface area contributed by atoms with Crippen LogP contribution in [0.25, 0.3) is 0 Å². The summed E-state index contributed by atoms with van der Waals surface area (Å²) in [6.07, 6.45) is 0.463. The molecule has 0 spiro atoms. The highest BCUT2D eigenvalue weighted by Gasteiger charge is 1.96. The molecule has 3 nitrogen and oxygen atoms in total. The van der Waals surface area contributed by atoms with Crippen molar-refractivity contribution in [2.45, 2.75) is 45.7 Å². The molecule has 2 aromatic rings. The molecule has 0 aliphatic heterocycles. The van der Waals surface area contributed by atoms with Crippen molar-refractivity contribution < 1.29 is 9.47 Å². The normalized spacial score (nSPS) is 10.2. The predicted octanol–water partition coefficient (Wildman–Crippen LogP) is 4.96. The monoisotopic (exact) mass is 333 g/mol. The molecule has 0 radical (unpaired) electrons. The van der Waals surface area contributed by atoms with Crippen molar-refractivity contribution in [3.8, 4) is 11.5 Å². The number of thiol groups is 1. The number of ether oxygens (including phenoxy) is 2. The molecular formula is C19H27NO2S. The lowest BCUT2D eigenvalue weighted by Crippen LogP contribution is -2.05. The molecule has 23 heavy (non-hydrogen) atoms. The minimum Gasteiger partial charge on any atom is -0.491 e. The van der Waals surface area contributed by atoms with Crippen molar-refractivity contribution in [3.63, 3.8) is 0 Å². The van der Waals surface area contributed by atoms with Gasteiger partial charge in [-0.2, -0.15) is 12.6 Å². The maximum Gasteiger partial charge on any atom is 0.119 e. The van der Waals surface area contributed by atoms with Crippen LogP contribution in [0.4, 0.5) is 5.69 Å². The number of anilines is 1. The first-order valence-corrected chi connectivity index (χ1v) is 8.42. The van der Waals surface area contributed by atoms with Gasteiger partial charge >= 0.3 is 0 Å². The third-order valence-electron chi connectivity index (χ3n) is 2.73. The van der Waals surface area contributed by atoms with Gasteiger partial charge in [0.15, 0.2) is 0 Å². The summed E-state index contributed by atoms with van der Waals surface area (Å²) in [5, 5.41) is 0. The van der Waals surface area contributed by atoms with E-state index < -0.39 is 0 Å². The first-order valence-electron chi connectivity index (χ1n) is 7.79. The van der Waals surface area contributed by atoms with Gasteiger partial charge in [-0.15, -0.1) is 0 Å². The van der Waals surface area contributed by atoms with Crippen LogP contribution in [-0.4, -0.2) is 12.2 Å². The van der Waals surface area contributed by atoms with Crippen molar-refractivity contribution >= 4 is 18.3 Å². The quantitative estimate of drug-likeness (QED) is 0.600. The molecule has 0 saturated heterocycles. The summed E-state index contributed by atoms with van der Waals surface area (Å²) in [4.78, 5) is 0. The second kappa shape index (κ2) is 10.1. The maximum absolute atomic E-state index is 5.50. The number of hydrogen-bond donors (Lipinski definition) is 2. The van der Waals surface area contributed by atoms with E-state index in [4.69, 9.17) is 15.2 Å². The van der Waals surface area contributed by atoms with Gasteiger partial charge in [-0.25, -0.2) is 0 Å². The average Bonchev–Trinajstić information content (AvgIpc) is 2.50. The molecule has 0 heterocycles. The van der Waals surface area contributed by atoms with Crippen LogP contribution in [0.5, 0.6) is 11.5 Å². The lowest BCUT2D eigenvalue weighted by atomic mass is 10.2. The molecule has 0 atom stereocenters. The zero-order valence-corrected chi connectivity index (χ0v) is 15.2. The summed E-state index contributed by atoms with van der Waals surface area (Å²) >= 11 is 4.17. The SMILES string of the molecule is CC(C)Oc1ccc(CS)cc1.CC(C)Oc1ccc(N)cc1. The maximum atomic E-state index is 5.50. The third-order valence-corrected chi connectivity index (χ3v) is 3.09. The van der Waals surface area contributed by atoms with Gasteiger partial charge in [-0.05, 0) is 69.7 Å². The summed E-state index contributed by atoms with van der Waals surface area (Å²) in [5.74, 6) is 2.58. The number of benzene rings is 2. The minimum absolute atomic E-state index is 0.221. The summed E-state index contributed by atoms with van der Waals surface area (Å²) in [6, 6.07) is 15.4. The molecule has 0 amide bonds. The molecular weight excluding hydrogens is 306 g/mol. The second-order valence-corrected chi connectivity index (χ2v) is 6.02. The number of nitrogen functional groups attached to an aromatic ring is 1. The van der Waals surface area contributed by atoms with Crippen LogP contribution < -0.4 is 15.2 Å². The van der Waals surface area contributed by atoms with Gasteiger partial charge in [0.1, 0.15) is 11.5 Å². The molecule has 2 rings (SSSR count). The largest absolute Gasteiger partial charge is 0.491 e. The molecule has 0 saturated carbocycles. The Kier molecular flexibility index (Phi) is 8.41. The van der Waals surface area contributed by atoms with Crippen LogP contribution >= 0.6 is 12.6 Å². The van der Waals surface area contributed by atoms with Crippen molar-refractivity contribution in [2.75, 3.05) is 5.73 Å². The van der Waals surface area contributed by atoms with Gasteiger partial charge in [-0.3, -0.25) is 0 Å². The summed E-state index contributed by atoms with van der Waals surface area (Å²) in [6.45, 7) is 8.03. The van der Waals surface area contributed by atoms with Crippen LogP contribution in [-0.2, 0) is 5.75 Å². The lowest BCUT2D eigenvalue weighted by Gasteiger charge is -2.09. The van der Waals surface area contributed by atoms with Crippen LogP contribution in [0, 0.1) is 0 Å². The molecule has 0 fully saturated rings. The van der Waals surface area contributed by atoms with E-state index in [9.17, 15) is 0 Å². The topological polar surface area (TPSA) is 44.5 Å². The van der Waals surface area contributed by atoms with Gasteiger partial charge in [-0.1, -0.05) is 12.1 Å². The van der Waals surface area contributed by atoms with Crippen molar-refractivity contribution in [1.82, 2.24) is 0 Å². The predicted molar refractivity (Wildman–Crippen MR) is 102 cm³/mol. The Balaban J connectivity index is 0.000000231. The molecule has 0 bridgehead atoms. The highest BCUT2D eigenvalue weighted by molar-refractivity contribution is 7.79. The highest BCUT2D eigenvalue weighted by atomic mass is 32.1. The molecule has 126 valence electrons. The standard InChI is InChI=1S/C10H14OS.C9H13NO/c1-8(2)11-10-5-3-9(7-12)4-6-10;1-7(2)11-9-5-3-8(10)4-6-9/h3-6,8,12H,7H2,1-2H3;3-7H,10H2,1-2H3. The minimum atomic E-state index is 0.221. The fourth-order valence-corrected chi connectivity index (χ4v) is 1.97. The zero-order chi connectivity index (χ0) is 17.2. The molecule has 0 unspecified atom stereocenters. The highest BCUT2D eigenvalue weighted by Crippen LogP contribution is 2.15. The molecule has 0 aromatic heterocycles. The van der Waals surface area contributed by atoms with Crippen LogP contribution in [0.2, 0.25) is 0 Å². The Hall–Kier alpha value is -1.81. The van der Waals surface area contributed by atoms with Crippen LogP contribution in [0.3, 0.4) is 0 Å². The van der Waals surface area contributed by atoms with Gasteiger partial charge in [0.05, 0.1) is 12.2 Å². The first kappa shape index (κ1) is 19.2. The van der Waals surface area contributed by atoms with Crippen LogP contribution in [0.1, 0.15) is 33.3 Å². The van der Waals surface area contributed by atoms with E-state index in [1.54, 1.807) is 0 Å². The average molecular weight is 333 g/mol.